The zero-order valence-electron chi connectivity index (χ0n) is 9.71. The molecule has 0 bridgehead atoms. The maximum Gasteiger partial charge on any atom is 0.130 e. The molecule has 94 valence electrons. The van der Waals surface area contributed by atoms with Gasteiger partial charge in [-0.05, 0) is 36.2 Å². The van der Waals surface area contributed by atoms with E-state index in [0.29, 0.717) is 22.9 Å². The summed E-state index contributed by atoms with van der Waals surface area (Å²) in [6.07, 6.45) is 0. The Kier molecular flexibility index (Phi) is 4.25. The molecule has 0 aliphatic rings. The van der Waals surface area contributed by atoms with Crippen LogP contribution in [-0.4, -0.2) is 0 Å². The fourth-order valence-electron chi connectivity index (χ4n) is 1.47. The van der Waals surface area contributed by atoms with Crippen molar-refractivity contribution in [2.45, 2.75) is 12.8 Å². The fraction of sp³-hybridized carbons (Fsp3) is 0.143. The first-order chi connectivity index (χ1) is 8.60. The van der Waals surface area contributed by atoms with Gasteiger partial charge in [0.2, 0.25) is 0 Å². The molecule has 2 aromatic carbocycles. The molecule has 0 saturated heterocycles. The van der Waals surface area contributed by atoms with E-state index in [4.69, 9.17) is 16.3 Å². The smallest absolute Gasteiger partial charge is 0.130 e. The number of ether oxygens (including phenoxy) is 1. The molecule has 18 heavy (non-hydrogen) atoms. The van der Waals surface area contributed by atoms with Crippen molar-refractivity contribution >= 4 is 27.5 Å². The number of aryl methyl sites for hydroxylation is 1. The van der Waals surface area contributed by atoms with Crippen LogP contribution in [0.5, 0.6) is 11.5 Å². The minimum absolute atomic E-state index is 0.274. The number of halogens is 3. The summed E-state index contributed by atoms with van der Waals surface area (Å²) < 4.78 is 19.8. The number of benzene rings is 2. The van der Waals surface area contributed by atoms with E-state index >= 15 is 0 Å². The molecule has 0 heterocycles. The van der Waals surface area contributed by atoms with E-state index < -0.39 is 0 Å². The van der Waals surface area contributed by atoms with Gasteiger partial charge >= 0.3 is 0 Å². The van der Waals surface area contributed by atoms with Gasteiger partial charge in [-0.25, -0.2) is 4.39 Å². The van der Waals surface area contributed by atoms with Crippen LogP contribution in [0.1, 0.15) is 11.1 Å². The summed E-state index contributed by atoms with van der Waals surface area (Å²) in [7, 11) is 0. The standard InChI is InChI=1S/C14H11BrClFO/c1-9-2-4-12(7-14(9)17)18-11-5-3-10(8-16)13(15)6-11/h2-7H,8H2,1H3. The van der Waals surface area contributed by atoms with E-state index in [1.165, 1.54) is 6.07 Å². The van der Waals surface area contributed by atoms with E-state index in [0.717, 1.165) is 10.0 Å². The van der Waals surface area contributed by atoms with E-state index in [2.05, 4.69) is 15.9 Å². The molecule has 0 aliphatic carbocycles. The van der Waals surface area contributed by atoms with Crippen LogP contribution in [0.3, 0.4) is 0 Å². The van der Waals surface area contributed by atoms with Crippen LogP contribution in [0.4, 0.5) is 4.39 Å². The minimum atomic E-state index is -0.274. The Bertz CT molecular complexity index is 572. The largest absolute Gasteiger partial charge is 0.457 e. The van der Waals surface area contributed by atoms with Gasteiger partial charge in [0.05, 0.1) is 0 Å². The van der Waals surface area contributed by atoms with Crippen LogP contribution in [0.25, 0.3) is 0 Å². The first-order valence-corrected chi connectivity index (χ1v) is 6.71. The van der Waals surface area contributed by atoms with E-state index in [1.807, 2.05) is 12.1 Å². The number of hydrogen-bond acceptors (Lipinski definition) is 1. The van der Waals surface area contributed by atoms with Crippen LogP contribution in [0.15, 0.2) is 40.9 Å². The predicted octanol–water partition coefficient (Wildman–Crippen LogP) is 5.43. The highest BCUT2D eigenvalue weighted by Gasteiger charge is 2.04. The molecule has 4 heteroatoms. The third kappa shape index (κ3) is 3.03. The summed E-state index contributed by atoms with van der Waals surface area (Å²) >= 11 is 9.17. The number of alkyl halides is 1. The van der Waals surface area contributed by atoms with E-state index in [1.54, 1.807) is 25.1 Å². The zero-order chi connectivity index (χ0) is 13.1. The highest BCUT2D eigenvalue weighted by molar-refractivity contribution is 9.10. The predicted molar refractivity (Wildman–Crippen MR) is 74.9 cm³/mol. The van der Waals surface area contributed by atoms with Crippen molar-refractivity contribution in [2.75, 3.05) is 0 Å². The summed E-state index contributed by atoms with van der Waals surface area (Å²) in [6.45, 7) is 1.71. The van der Waals surface area contributed by atoms with Crippen molar-refractivity contribution in [1.82, 2.24) is 0 Å². The molecule has 0 amide bonds. The van der Waals surface area contributed by atoms with Gasteiger partial charge in [0.25, 0.3) is 0 Å². The molecule has 2 aromatic rings. The lowest BCUT2D eigenvalue weighted by Gasteiger charge is -2.08. The Morgan fingerprint density at radius 1 is 1.17 bits per heavy atom. The second-order valence-electron chi connectivity index (χ2n) is 3.90. The van der Waals surface area contributed by atoms with Gasteiger partial charge in [-0.1, -0.05) is 28.1 Å². The van der Waals surface area contributed by atoms with Crippen molar-refractivity contribution in [3.8, 4) is 11.5 Å². The Labute approximate surface area is 119 Å². The van der Waals surface area contributed by atoms with Crippen LogP contribution < -0.4 is 4.74 Å². The van der Waals surface area contributed by atoms with Crippen molar-refractivity contribution in [3.05, 3.63) is 57.8 Å². The summed E-state index contributed by atoms with van der Waals surface area (Å²) in [5.41, 5.74) is 1.58. The molecule has 0 unspecified atom stereocenters. The maximum atomic E-state index is 13.4. The molecule has 0 radical (unpaired) electrons. The lowest BCUT2D eigenvalue weighted by molar-refractivity contribution is 0.475. The van der Waals surface area contributed by atoms with Gasteiger partial charge in [0.1, 0.15) is 17.3 Å². The number of hydrogen-bond donors (Lipinski definition) is 0. The normalized spacial score (nSPS) is 10.4. The molecule has 1 nitrogen and oxygen atoms in total. The quantitative estimate of drug-likeness (QED) is 0.682. The third-order valence-electron chi connectivity index (χ3n) is 2.55. The lowest BCUT2D eigenvalue weighted by atomic mass is 10.2. The Morgan fingerprint density at radius 3 is 2.44 bits per heavy atom. The van der Waals surface area contributed by atoms with Crippen molar-refractivity contribution < 1.29 is 9.13 Å². The summed E-state index contributed by atoms with van der Waals surface area (Å²) in [5, 5.41) is 0. The molecular formula is C14H11BrClFO. The average molecular weight is 330 g/mol. The van der Waals surface area contributed by atoms with E-state index in [9.17, 15) is 4.39 Å². The van der Waals surface area contributed by atoms with Gasteiger partial charge in [0, 0.05) is 16.4 Å². The molecule has 0 atom stereocenters. The Balaban J connectivity index is 2.23. The van der Waals surface area contributed by atoms with E-state index in [-0.39, 0.29) is 5.82 Å². The van der Waals surface area contributed by atoms with Crippen molar-refractivity contribution in [3.63, 3.8) is 0 Å². The fourth-order valence-corrected chi connectivity index (χ4v) is 2.37. The molecule has 0 spiro atoms. The summed E-state index contributed by atoms with van der Waals surface area (Å²) in [4.78, 5) is 0. The monoisotopic (exact) mass is 328 g/mol. The summed E-state index contributed by atoms with van der Waals surface area (Å²) in [5.74, 6) is 1.27. The van der Waals surface area contributed by atoms with Gasteiger partial charge in [-0.2, -0.15) is 0 Å². The first kappa shape index (κ1) is 13.4. The zero-order valence-corrected chi connectivity index (χ0v) is 12.1. The molecule has 0 aromatic heterocycles. The van der Waals surface area contributed by atoms with Crippen molar-refractivity contribution in [2.24, 2.45) is 0 Å². The van der Waals surface area contributed by atoms with Crippen LogP contribution >= 0.6 is 27.5 Å². The minimum Gasteiger partial charge on any atom is -0.457 e. The van der Waals surface area contributed by atoms with Crippen LogP contribution in [-0.2, 0) is 5.88 Å². The van der Waals surface area contributed by atoms with Gasteiger partial charge < -0.3 is 4.74 Å². The Morgan fingerprint density at radius 2 is 1.83 bits per heavy atom. The molecular weight excluding hydrogens is 319 g/mol. The van der Waals surface area contributed by atoms with Gasteiger partial charge in [0.15, 0.2) is 0 Å². The SMILES string of the molecule is Cc1ccc(Oc2ccc(CCl)c(Br)c2)cc1F. The molecule has 0 saturated carbocycles. The maximum absolute atomic E-state index is 13.4. The molecule has 0 aliphatic heterocycles. The van der Waals surface area contributed by atoms with Gasteiger partial charge in [-0.15, -0.1) is 11.6 Å². The Hall–Kier alpha value is -1.06. The highest BCUT2D eigenvalue weighted by Crippen LogP contribution is 2.28. The average Bonchev–Trinajstić information content (AvgIpc) is 2.34. The summed E-state index contributed by atoms with van der Waals surface area (Å²) in [6, 6.07) is 10.3. The highest BCUT2D eigenvalue weighted by atomic mass is 79.9. The second-order valence-corrected chi connectivity index (χ2v) is 5.02. The van der Waals surface area contributed by atoms with Crippen molar-refractivity contribution in [1.29, 1.82) is 0 Å². The van der Waals surface area contributed by atoms with Gasteiger partial charge in [-0.3, -0.25) is 0 Å². The first-order valence-electron chi connectivity index (χ1n) is 5.38. The van der Waals surface area contributed by atoms with Crippen LogP contribution in [0.2, 0.25) is 0 Å². The lowest BCUT2D eigenvalue weighted by Crippen LogP contribution is -1.89. The van der Waals surface area contributed by atoms with Crippen LogP contribution in [0, 0.1) is 12.7 Å². The number of rotatable bonds is 3. The third-order valence-corrected chi connectivity index (χ3v) is 3.57. The molecule has 2 rings (SSSR count). The second kappa shape index (κ2) is 5.72. The topological polar surface area (TPSA) is 9.23 Å². The molecule has 0 fully saturated rings. The molecule has 0 N–H and O–H groups in total.